The lowest BCUT2D eigenvalue weighted by Gasteiger charge is -2.15. The van der Waals surface area contributed by atoms with Gasteiger partial charge < -0.3 is 4.74 Å². The molecule has 10 heteroatoms. The maximum Gasteiger partial charge on any atom is 0.343 e. The van der Waals surface area contributed by atoms with E-state index in [1.54, 1.807) is 14.0 Å². The number of hydrogen-bond donors (Lipinski definition) is 0. The van der Waals surface area contributed by atoms with Gasteiger partial charge >= 0.3 is 5.97 Å². The molecular weight excluding hydrogens is 406 g/mol. The molecule has 0 unspecified atom stereocenters. The van der Waals surface area contributed by atoms with Crippen LogP contribution in [0, 0.1) is 6.92 Å². The highest BCUT2D eigenvalue weighted by molar-refractivity contribution is 7.89. The van der Waals surface area contributed by atoms with Gasteiger partial charge in [0.25, 0.3) is 0 Å². The summed E-state index contributed by atoms with van der Waals surface area (Å²) in [4.78, 5) is 24.6. The molecule has 1 aromatic heterocycles. The Balaban J connectivity index is 1.66. The fourth-order valence-corrected chi connectivity index (χ4v) is 4.81. The van der Waals surface area contributed by atoms with Crippen LogP contribution >= 0.6 is 11.6 Å². The summed E-state index contributed by atoms with van der Waals surface area (Å²) in [5, 5.41) is 4.15. The largest absolute Gasteiger partial charge is 0.454 e. The molecule has 0 bridgehead atoms. The molecule has 1 aliphatic rings. The molecule has 2 heterocycles. The first-order valence-electron chi connectivity index (χ1n) is 8.71. The molecule has 0 radical (unpaired) electrons. The predicted molar refractivity (Wildman–Crippen MR) is 102 cm³/mol. The zero-order valence-corrected chi connectivity index (χ0v) is 17.1. The van der Waals surface area contributed by atoms with Gasteiger partial charge in [0, 0.05) is 25.7 Å². The number of benzene rings is 1. The summed E-state index contributed by atoms with van der Waals surface area (Å²) >= 11 is 6.01. The molecule has 28 heavy (non-hydrogen) atoms. The topological polar surface area (TPSA) is 98.6 Å². The Morgan fingerprint density at radius 1 is 1.18 bits per heavy atom. The Labute approximate surface area is 168 Å². The Hall–Kier alpha value is -2.23. The van der Waals surface area contributed by atoms with E-state index < -0.39 is 28.4 Å². The predicted octanol–water partition coefficient (Wildman–Crippen LogP) is 2.21. The first-order chi connectivity index (χ1) is 13.2. The van der Waals surface area contributed by atoms with Crippen molar-refractivity contribution in [3.05, 3.63) is 46.2 Å². The molecule has 1 saturated heterocycles. The van der Waals surface area contributed by atoms with Gasteiger partial charge in [-0.1, -0.05) is 11.6 Å². The number of halogens is 1. The third kappa shape index (κ3) is 3.96. The van der Waals surface area contributed by atoms with Crippen LogP contribution in [0.3, 0.4) is 0 Å². The lowest BCUT2D eigenvalue weighted by Crippen LogP contribution is -2.27. The molecular formula is C18H20ClN3O5S. The van der Waals surface area contributed by atoms with E-state index >= 15 is 0 Å². The summed E-state index contributed by atoms with van der Waals surface area (Å²) in [6, 6.07) is 5.62. The fraction of sp³-hybridized carbons (Fsp3) is 0.389. The number of carbonyl (C=O) groups is 2. The van der Waals surface area contributed by atoms with Crippen molar-refractivity contribution in [1.82, 2.24) is 14.1 Å². The Morgan fingerprint density at radius 3 is 2.32 bits per heavy atom. The third-order valence-electron chi connectivity index (χ3n) is 4.57. The Morgan fingerprint density at radius 2 is 1.79 bits per heavy atom. The number of aromatic nitrogens is 2. The van der Waals surface area contributed by atoms with Gasteiger partial charge in [0.05, 0.1) is 10.6 Å². The molecule has 150 valence electrons. The first kappa shape index (κ1) is 20.5. The zero-order valence-electron chi connectivity index (χ0n) is 15.5. The molecule has 0 spiro atoms. The third-order valence-corrected chi connectivity index (χ3v) is 6.92. The lowest BCUT2D eigenvalue weighted by atomic mass is 10.1. The van der Waals surface area contributed by atoms with Gasteiger partial charge in [-0.05, 0) is 44.0 Å². The second-order valence-electron chi connectivity index (χ2n) is 6.51. The minimum absolute atomic E-state index is 0.115. The summed E-state index contributed by atoms with van der Waals surface area (Å²) in [7, 11) is -1.95. The van der Waals surface area contributed by atoms with Gasteiger partial charge in [0.15, 0.2) is 12.4 Å². The van der Waals surface area contributed by atoms with Crippen molar-refractivity contribution in [3.8, 4) is 0 Å². The first-order valence-corrected chi connectivity index (χ1v) is 10.5. The maximum absolute atomic E-state index is 12.5. The van der Waals surface area contributed by atoms with E-state index in [0.29, 0.717) is 18.8 Å². The molecule has 1 fully saturated rings. The van der Waals surface area contributed by atoms with Crippen LogP contribution in [0.4, 0.5) is 0 Å². The van der Waals surface area contributed by atoms with Crippen molar-refractivity contribution in [3.63, 3.8) is 0 Å². The molecule has 0 amide bonds. The van der Waals surface area contributed by atoms with Crippen LogP contribution in [0.2, 0.25) is 5.15 Å². The van der Waals surface area contributed by atoms with Crippen molar-refractivity contribution in [2.75, 3.05) is 19.7 Å². The summed E-state index contributed by atoms with van der Waals surface area (Å²) in [6.45, 7) is 2.15. The van der Waals surface area contributed by atoms with Crippen molar-refractivity contribution in [2.45, 2.75) is 24.7 Å². The fourth-order valence-electron chi connectivity index (χ4n) is 3.04. The van der Waals surface area contributed by atoms with E-state index in [0.717, 1.165) is 12.8 Å². The van der Waals surface area contributed by atoms with E-state index in [9.17, 15) is 18.0 Å². The van der Waals surface area contributed by atoms with Crippen molar-refractivity contribution in [1.29, 1.82) is 0 Å². The van der Waals surface area contributed by atoms with Crippen LogP contribution in [-0.4, -0.2) is 54.0 Å². The van der Waals surface area contributed by atoms with Gasteiger partial charge in [-0.3, -0.25) is 9.48 Å². The number of Topliss-reactive ketones (excluding diaryl/α,β-unsaturated/α-hetero) is 1. The average Bonchev–Trinajstić information content (AvgIpc) is 3.29. The van der Waals surface area contributed by atoms with Crippen LogP contribution in [-0.2, 0) is 21.8 Å². The van der Waals surface area contributed by atoms with Crippen LogP contribution in [0.1, 0.15) is 39.3 Å². The monoisotopic (exact) mass is 425 g/mol. The van der Waals surface area contributed by atoms with Crippen LogP contribution in [0.5, 0.6) is 0 Å². The number of sulfonamides is 1. The summed E-state index contributed by atoms with van der Waals surface area (Å²) in [5.74, 6) is -1.19. The van der Waals surface area contributed by atoms with Crippen LogP contribution in [0.15, 0.2) is 29.2 Å². The minimum Gasteiger partial charge on any atom is -0.454 e. The lowest BCUT2D eigenvalue weighted by molar-refractivity contribution is 0.0474. The molecule has 3 rings (SSSR count). The molecule has 0 N–H and O–H groups in total. The van der Waals surface area contributed by atoms with Gasteiger partial charge in [0.2, 0.25) is 10.0 Å². The number of ketones is 1. The highest BCUT2D eigenvalue weighted by atomic mass is 35.5. The number of nitrogens with zero attached hydrogens (tertiary/aromatic N) is 3. The highest BCUT2D eigenvalue weighted by Gasteiger charge is 2.27. The number of aryl methyl sites for hydroxylation is 2. The quantitative estimate of drug-likeness (QED) is 0.519. The van der Waals surface area contributed by atoms with Crippen LogP contribution in [0.25, 0.3) is 0 Å². The van der Waals surface area contributed by atoms with Gasteiger partial charge in [-0.2, -0.15) is 9.40 Å². The Kier molecular flexibility index (Phi) is 5.87. The second-order valence-corrected chi connectivity index (χ2v) is 8.81. The molecule has 1 aromatic carbocycles. The van der Waals surface area contributed by atoms with E-state index in [1.165, 1.54) is 33.3 Å². The Bertz CT molecular complexity index is 1010. The number of rotatable bonds is 6. The molecule has 0 saturated carbocycles. The standard InChI is InChI=1S/C18H20ClN3O5S/c1-12-16(17(19)21(2)20-12)18(24)27-11-15(23)13-5-7-14(8-6-13)28(25,26)22-9-3-4-10-22/h5-8H,3-4,9-11H2,1-2H3. The molecule has 0 aliphatic carbocycles. The second kappa shape index (κ2) is 8.02. The van der Waals surface area contributed by atoms with Gasteiger partial charge in [-0.15, -0.1) is 0 Å². The molecule has 8 nitrogen and oxygen atoms in total. The van der Waals surface area contributed by atoms with E-state index in [2.05, 4.69) is 5.10 Å². The number of hydrogen-bond acceptors (Lipinski definition) is 6. The average molecular weight is 426 g/mol. The van der Waals surface area contributed by atoms with E-state index in [4.69, 9.17) is 16.3 Å². The molecule has 1 aliphatic heterocycles. The smallest absolute Gasteiger partial charge is 0.343 e. The summed E-state index contributed by atoms with van der Waals surface area (Å²) < 4.78 is 32.8. The van der Waals surface area contributed by atoms with E-state index in [-0.39, 0.29) is 21.2 Å². The summed E-state index contributed by atoms with van der Waals surface area (Å²) in [5.41, 5.74) is 0.771. The highest BCUT2D eigenvalue weighted by Crippen LogP contribution is 2.22. The molecule has 0 atom stereocenters. The summed E-state index contributed by atoms with van der Waals surface area (Å²) in [6.07, 6.45) is 1.70. The van der Waals surface area contributed by atoms with Gasteiger partial charge in [-0.25, -0.2) is 13.2 Å². The molecule has 2 aromatic rings. The van der Waals surface area contributed by atoms with Crippen molar-refractivity contribution in [2.24, 2.45) is 7.05 Å². The maximum atomic E-state index is 12.5. The number of ether oxygens (including phenoxy) is 1. The number of esters is 1. The number of carbonyl (C=O) groups excluding carboxylic acids is 2. The van der Waals surface area contributed by atoms with Crippen molar-refractivity contribution >= 4 is 33.4 Å². The van der Waals surface area contributed by atoms with E-state index in [1.807, 2.05) is 0 Å². The normalized spacial score (nSPS) is 15.0. The zero-order chi connectivity index (χ0) is 20.5. The SMILES string of the molecule is Cc1nn(C)c(Cl)c1C(=O)OCC(=O)c1ccc(S(=O)(=O)N2CCCC2)cc1. The van der Waals surface area contributed by atoms with Gasteiger partial charge in [0.1, 0.15) is 10.7 Å². The minimum atomic E-state index is -3.54. The van der Waals surface area contributed by atoms with Crippen molar-refractivity contribution < 1.29 is 22.7 Å². The van der Waals surface area contributed by atoms with Crippen LogP contribution < -0.4 is 0 Å².